The van der Waals surface area contributed by atoms with Crippen molar-refractivity contribution in [2.24, 2.45) is 11.8 Å². The summed E-state index contributed by atoms with van der Waals surface area (Å²) >= 11 is 0. The number of esters is 1. The Morgan fingerprint density at radius 3 is 2.67 bits per heavy atom. The van der Waals surface area contributed by atoms with Gasteiger partial charge in [0.1, 0.15) is 0 Å². The average molecular weight is 210 g/mol. The van der Waals surface area contributed by atoms with Crippen LogP contribution in [0, 0.1) is 11.8 Å². The standard InChI is InChI=1S/C13H22O2/c1-5-7-11(3)10-12(4)8-9-15-13(14)6-2/h5,8-9,11-12H,1,6-7,10H2,2-4H3/b9-8+. The summed E-state index contributed by atoms with van der Waals surface area (Å²) in [4.78, 5) is 10.8. The lowest BCUT2D eigenvalue weighted by Crippen LogP contribution is -2.01. The third kappa shape index (κ3) is 7.98. The van der Waals surface area contributed by atoms with Crippen molar-refractivity contribution in [1.29, 1.82) is 0 Å². The van der Waals surface area contributed by atoms with Crippen molar-refractivity contribution in [2.45, 2.75) is 40.0 Å². The highest BCUT2D eigenvalue weighted by Gasteiger charge is 2.04. The lowest BCUT2D eigenvalue weighted by molar-refractivity contribution is -0.137. The molecule has 2 unspecified atom stereocenters. The van der Waals surface area contributed by atoms with Crippen LogP contribution in [0.25, 0.3) is 0 Å². The van der Waals surface area contributed by atoms with Gasteiger partial charge in [0.2, 0.25) is 0 Å². The van der Waals surface area contributed by atoms with Gasteiger partial charge < -0.3 is 4.74 Å². The first-order valence-corrected chi connectivity index (χ1v) is 5.57. The molecule has 0 spiro atoms. The van der Waals surface area contributed by atoms with Crippen LogP contribution in [0.3, 0.4) is 0 Å². The second kappa shape index (κ2) is 8.27. The maximum absolute atomic E-state index is 10.8. The minimum absolute atomic E-state index is 0.183. The van der Waals surface area contributed by atoms with Gasteiger partial charge >= 0.3 is 5.97 Å². The molecule has 0 fully saturated rings. The van der Waals surface area contributed by atoms with Crippen LogP contribution >= 0.6 is 0 Å². The van der Waals surface area contributed by atoms with Crippen LogP contribution in [0.1, 0.15) is 40.0 Å². The Morgan fingerprint density at radius 1 is 1.47 bits per heavy atom. The fourth-order valence-corrected chi connectivity index (χ4v) is 1.43. The van der Waals surface area contributed by atoms with Gasteiger partial charge in [0.15, 0.2) is 0 Å². The van der Waals surface area contributed by atoms with Crippen molar-refractivity contribution in [2.75, 3.05) is 0 Å². The largest absolute Gasteiger partial charge is 0.435 e. The van der Waals surface area contributed by atoms with Gasteiger partial charge in [-0.2, -0.15) is 0 Å². The van der Waals surface area contributed by atoms with Crippen molar-refractivity contribution >= 4 is 5.97 Å². The third-order valence-electron chi connectivity index (χ3n) is 2.24. The maximum atomic E-state index is 10.8. The molecule has 0 aromatic carbocycles. The molecule has 0 aromatic rings. The summed E-state index contributed by atoms with van der Waals surface area (Å²) in [7, 11) is 0. The fourth-order valence-electron chi connectivity index (χ4n) is 1.43. The van der Waals surface area contributed by atoms with Crippen LogP contribution in [0.2, 0.25) is 0 Å². The Kier molecular flexibility index (Phi) is 7.69. The van der Waals surface area contributed by atoms with E-state index in [4.69, 9.17) is 4.74 Å². The molecule has 86 valence electrons. The van der Waals surface area contributed by atoms with E-state index in [1.165, 1.54) is 6.26 Å². The number of hydrogen-bond donors (Lipinski definition) is 0. The molecule has 0 aliphatic carbocycles. The van der Waals surface area contributed by atoms with Gasteiger partial charge in [-0.05, 0) is 30.8 Å². The number of carbonyl (C=O) groups excluding carboxylic acids is 1. The number of rotatable bonds is 7. The summed E-state index contributed by atoms with van der Waals surface area (Å²) in [6, 6.07) is 0. The zero-order valence-corrected chi connectivity index (χ0v) is 10.0. The lowest BCUT2D eigenvalue weighted by atomic mass is 9.95. The Labute approximate surface area is 93.0 Å². The van der Waals surface area contributed by atoms with E-state index in [0.29, 0.717) is 18.3 Å². The highest BCUT2D eigenvalue weighted by Crippen LogP contribution is 2.16. The smallest absolute Gasteiger partial charge is 0.310 e. The van der Waals surface area contributed by atoms with Crippen LogP contribution in [0.5, 0.6) is 0 Å². The topological polar surface area (TPSA) is 26.3 Å². The molecule has 2 heteroatoms. The normalized spacial score (nSPS) is 14.9. The van der Waals surface area contributed by atoms with Crippen molar-refractivity contribution in [1.82, 2.24) is 0 Å². The van der Waals surface area contributed by atoms with Gasteiger partial charge in [-0.1, -0.05) is 26.8 Å². The lowest BCUT2D eigenvalue weighted by Gasteiger charge is -2.11. The van der Waals surface area contributed by atoms with Gasteiger partial charge in [0.05, 0.1) is 6.26 Å². The summed E-state index contributed by atoms with van der Waals surface area (Å²) in [6.45, 7) is 9.82. The molecule has 0 heterocycles. The van der Waals surface area contributed by atoms with E-state index in [1.807, 2.05) is 12.2 Å². The number of allylic oxidation sites excluding steroid dienone is 2. The first kappa shape index (κ1) is 13.9. The second-order valence-corrected chi connectivity index (χ2v) is 4.01. The third-order valence-corrected chi connectivity index (χ3v) is 2.24. The monoisotopic (exact) mass is 210 g/mol. The average Bonchev–Trinajstić information content (AvgIpc) is 2.17. The van der Waals surface area contributed by atoms with Crippen molar-refractivity contribution < 1.29 is 9.53 Å². The first-order valence-electron chi connectivity index (χ1n) is 5.57. The van der Waals surface area contributed by atoms with Crippen molar-refractivity contribution in [3.63, 3.8) is 0 Å². The summed E-state index contributed by atoms with van der Waals surface area (Å²) < 4.78 is 4.86. The molecule has 0 rings (SSSR count). The Balaban J connectivity index is 3.76. The molecular formula is C13H22O2. The van der Waals surface area contributed by atoms with Crippen molar-refractivity contribution in [3.05, 3.63) is 25.0 Å². The number of carbonyl (C=O) groups is 1. The predicted molar refractivity (Wildman–Crippen MR) is 63.3 cm³/mol. The van der Waals surface area contributed by atoms with Crippen LogP contribution in [0.4, 0.5) is 0 Å². The zero-order valence-electron chi connectivity index (χ0n) is 10.0. The van der Waals surface area contributed by atoms with E-state index < -0.39 is 0 Å². The maximum Gasteiger partial charge on any atom is 0.310 e. The van der Waals surface area contributed by atoms with E-state index in [1.54, 1.807) is 6.92 Å². The molecule has 0 aromatic heterocycles. The van der Waals surface area contributed by atoms with Gasteiger partial charge in [0.25, 0.3) is 0 Å². The van der Waals surface area contributed by atoms with E-state index in [-0.39, 0.29) is 5.97 Å². The molecule has 2 atom stereocenters. The zero-order chi connectivity index (χ0) is 11.7. The molecule has 0 saturated carbocycles. The summed E-state index contributed by atoms with van der Waals surface area (Å²) in [5.41, 5.74) is 0. The molecule has 0 amide bonds. The van der Waals surface area contributed by atoms with Gasteiger partial charge in [0, 0.05) is 6.42 Å². The quantitative estimate of drug-likeness (QED) is 0.364. The van der Waals surface area contributed by atoms with Crippen LogP contribution in [0.15, 0.2) is 25.0 Å². The van der Waals surface area contributed by atoms with E-state index in [9.17, 15) is 4.79 Å². The first-order chi connectivity index (χ1) is 7.10. The second-order valence-electron chi connectivity index (χ2n) is 4.01. The minimum atomic E-state index is -0.183. The van der Waals surface area contributed by atoms with E-state index in [0.717, 1.165) is 12.8 Å². The molecular weight excluding hydrogens is 188 g/mol. The summed E-state index contributed by atoms with van der Waals surface area (Å²) in [5.74, 6) is 0.881. The Morgan fingerprint density at radius 2 is 2.13 bits per heavy atom. The number of ether oxygens (including phenoxy) is 1. The van der Waals surface area contributed by atoms with E-state index in [2.05, 4.69) is 20.4 Å². The van der Waals surface area contributed by atoms with E-state index >= 15 is 0 Å². The van der Waals surface area contributed by atoms with Crippen LogP contribution in [-0.4, -0.2) is 5.97 Å². The Bertz CT molecular complexity index is 219. The molecule has 0 saturated heterocycles. The molecule has 0 N–H and O–H groups in total. The van der Waals surface area contributed by atoms with Crippen molar-refractivity contribution in [3.8, 4) is 0 Å². The SMILES string of the molecule is C=CCC(C)CC(C)/C=C/OC(=O)CC. The summed E-state index contributed by atoms with van der Waals surface area (Å²) in [5, 5.41) is 0. The van der Waals surface area contributed by atoms with Crippen LogP contribution < -0.4 is 0 Å². The Hall–Kier alpha value is -1.05. The van der Waals surface area contributed by atoms with Gasteiger partial charge in [-0.3, -0.25) is 4.79 Å². The number of hydrogen-bond acceptors (Lipinski definition) is 2. The molecule has 15 heavy (non-hydrogen) atoms. The molecule has 0 aliphatic rings. The van der Waals surface area contributed by atoms with Gasteiger partial charge in [-0.25, -0.2) is 0 Å². The molecule has 0 bridgehead atoms. The highest BCUT2D eigenvalue weighted by molar-refractivity contribution is 5.69. The predicted octanol–water partition coefficient (Wildman–Crippen LogP) is 3.69. The highest BCUT2D eigenvalue weighted by atomic mass is 16.5. The summed E-state index contributed by atoms with van der Waals surface area (Å²) in [6.07, 6.45) is 7.94. The van der Waals surface area contributed by atoms with Crippen LogP contribution in [-0.2, 0) is 9.53 Å². The van der Waals surface area contributed by atoms with Gasteiger partial charge in [-0.15, -0.1) is 6.58 Å². The molecule has 2 nitrogen and oxygen atoms in total. The molecule has 0 aliphatic heterocycles. The molecule has 0 radical (unpaired) electrons. The minimum Gasteiger partial charge on any atom is -0.435 e. The fraction of sp³-hybridized carbons (Fsp3) is 0.615.